The zero-order valence-corrected chi connectivity index (χ0v) is 12.9. The number of benzene rings is 1. The minimum Gasteiger partial charge on any atom is -0.376 e. The van der Waals surface area contributed by atoms with Crippen LogP contribution in [0.15, 0.2) is 18.2 Å². The van der Waals surface area contributed by atoms with Crippen LogP contribution in [0.3, 0.4) is 0 Å². The average molecular weight is 307 g/mol. The molecule has 1 aromatic carbocycles. The van der Waals surface area contributed by atoms with E-state index in [2.05, 4.69) is 22.2 Å². The number of likely N-dealkylation sites (N-methyl/N-ethyl adjacent to an activating group) is 1. The second kappa shape index (κ2) is 5.51. The first-order chi connectivity index (χ1) is 9.61. The van der Waals surface area contributed by atoms with Crippen LogP contribution < -0.4 is 16.0 Å². The SMILES string of the molecule is CN1CCN(c2nc3ccc(NC(N)=S)cc3s2)CC1. The first-order valence-electron chi connectivity index (χ1n) is 6.52. The Morgan fingerprint density at radius 2 is 2.10 bits per heavy atom. The van der Waals surface area contributed by atoms with Gasteiger partial charge in [-0.15, -0.1) is 0 Å². The monoisotopic (exact) mass is 307 g/mol. The van der Waals surface area contributed by atoms with Crippen molar-refractivity contribution in [2.45, 2.75) is 0 Å². The van der Waals surface area contributed by atoms with Crippen LogP contribution >= 0.6 is 23.6 Å². The lowest BCUT2D eigenvalue weighted by molar-refractivity contribution is 0.313. The fourth-order valence-corrected chi connectivity index (χ4v) is 3.44. The summed E-state index contributed by atoms with van der Waals surface area (Å²) >= 11 is 6.58. The number of nitrogens with two attached hydrogens (primary N) is 1. The predicted octanol–water partition coefficient (Wildman–Crippen LogP) is 1.70. The Kier molecular flexibility index (Phi) is 3.73. The number of nitrogens with zero attached hydrogens (tertiary/aromatic N) is 3. The molecule has 1 fully saturated rings. The minimum absolute atomic E-state index is 0.285. The maximum Gasteiger partial charge on any atom is 0.186 e. The van der Waals surface area contributed by atoms with Crippen molar-refractivity contribution >= 4 is 49.7 Å². The van der Waals surface area contributed by atoms with Gasteiger partial charge in [-0.3, -0.25) is 0 Å². The smallest absolute Gasteiger partial charge is 0.186 e. The van der Waals surface area contributed by atoms with Gasteiger partial charge in [-0.25, -0.2) is 4.98 Å². The topological polar surface area (TPSA) is 57.4 Å². The maximum atomic E-state index is 5.50. The van der Waals surface area contributed by atoms with E-state index in [1.54, 1.807) is 11.3 Å². The lowest BCUT2D eigenvalue weighted by Crippen LogP contribution is -2.44. The molecule has 106 valence electrons. The molecule has 0 amide bonds. The third kappa shape index (κ3) is 2.84. The Morgan fingerprint density at radius 3 is 2.80 bits per heavy atom. The lowest BCUT2D eigenvalue weighted by Gasteiger charge is -2.31. The van der Waals surface area contributed by atoms with Crippen LogP contribution in [0.4, 0.5) is 10.8 Å². The van der Waals surface area contributed by atoms with Gasteiger partial charge in [-0.1, -0.05) is 11.3 Å². The molecule has 2 aromatic rings. The average Bonchev–Trinajstić information content (AvgIpc) is 2.81. The summed E-state index contributed by atoms with van der Waals surface area (Å²) in [7, 11) is 2.16. The molecular formula is C13H17N5S2. The molecule has 0 spiro atoms. The van der Waals surface area contributed by atoms with E-state index in [9.17, 15) is 0 Å². The van der Waals surface area contributed by atoms with E-state index in [4.69, 9.17) is 22.9 Å². The molecule has 1 aliphatic rings. The molecule has 1 aromatic heterocycles. The van der Waals surface area contributed by atoms with Crippen LogP contribution in [0.2, 0.25) is 0 Å². The number of fused-ring (bicyclic) bond motifs is 1. The van der Waals surface area contributed by atoms with E-state index in [1.165, 1.54) is 0 Å². The zero-order chi connectivity index (χ0) is 14.1. The molecular weight excluding hydrogens is 290 g/mol. The van der Waals surface area contributed by atoms with Crippen LogP contribution in [-0.4, -0.2) is 48.2 Å². The summed E-state index contributed by atoms with van der Waals surface area (Å²) in [5, 5.41) is 4.34. The highest BCUT2D eigenvalue weighted by Crippen LogP contribution is 2.31. The highest BCUT2D eigenvalue weighted by Gasteiger charge is 2.17. The summed E-state index contributed by atoms with van der Waals surface area (Å²) in [4.78, 5) is 9.41. The third-order valence-corrected chi connectivity index (χ3v) is 4.60. The number of hydrogen-bond donors (Lipinski definition) is 2. The molecule has 3 N–H and O–H groups in total. The van der Waals surface area contributed by atoms with Crippen molar-refractivity contribution < 1.29 is 0 Å². The number of nitrogens with one attached hydrogen (secondary N) is 1. The van der Waals surface area contributed by atoms with E-state index in [1.807, 2.05) is 18.2 Å². The van der Waals surface area contributed by atoms with Crippen LogP contribution in [0.5, 0.6) is 0 Å². The largest absolute Gasteiger partial charge is 0.376 e. The van der Waals surface area contributed by atoms with Crippen LogP contribution in [-0.2, 0) is 0 Å². The van der Waals surface area contributed by atoms with Crippen molar-refractivity contribution in [3.63, 3.8) is 0 Å². The van der Waals surface area contributed by atoms with Gasteiger partial charge in [0.05, 0.1) is 10.2 Å². The van der Waals surface area contributed by atoms with E-state index in [-0.39, 0.29) is 5.11 Å². The standard InChI is InChI=1S/C13H17N5S2/c1-17-4-6-18(7-5-17)13-16-10-3-2-9(15-12(14)19)8-11(10)20-13/h2-3,8H,4-7H2,1H3,(H3,14,15,19). The van der Waals surface area contributed by atoms with Gasteiger partial charge in [0.1, 0.15) is 0 Å². The van der Waals surface area contributed by atoms with Gasteiger partial charge in [-0.05, 0) is 37.5 Å². The molecule has 3 rings (SSSR count). The molecule has 1 saturated heterocycles. The van der Waals surface area contributed by atoms with Gasteiger partial charge in [0, 0.05) is 31.9 Å². The van der Waals surface area contributed by atoms with Crippen LogP contribution in [0.1, 0.15) is 0 Å². The van der Waals surface area contributed by atoms with E-state index in [0.717, 1.165) is 47.2 Å². The van der Waals surface area contributed by atoms with Crippen LogP contribution in [0.25, 0.3) is 10.2 Å². The molecule has 7 heteroatoms. The zero-order valence-electron chi connectivity index (χ0n) is 11.3. The first kappa shape index (κ1) is 13.5. The van der Waals surface area contributed by atoms with Crippen molar-refractivity contribution in [2.75, 3.05) is 43.4 Å². The molecule has 0 radical (unpaired) electrons. The Bertz CT molecular complexity index is 631. The quantitative estimate of drug-likeness (QED) is 0.824. The lowest BCUT2D eigenvalue weighted by atomic mass is 10.3. The second-order valence-corrected chi connectivity index (χ2v) is 6.41. The van der Waals surface area contributed by atoms with Crippen LogP contribution in [0, 0.1) is 0 Å². The van der Waals surface area contributed by atoms with Crippen molar-refractivity contribution in [1.82, 2.24) is 9.88 Å². The first-order valence-corrected chi connectivity index (χ1v) is 7.75. The molecule has 0 bridgehead atoms. The summed E-state index contributed by atoms with van der Waals surface area (Å²) < 4.78 is 1.15. The van der Waals surface area contributed by atoms with Crippen molar-refractivity contribution in [3.8, 4) is 0 Å². The molecule has 0 aliphatic carbocycles. The minimum atomic E-state index is 0.285. The van der Waals surface area contributed by atoms with Gasteiger partial charge < -0.3 is 20.9 Å². The summed E-state index contributed by atoms with van der Waals surface area (Å²) in [6, 6.07) is 6.01. The fraction of sp³-hybridized carbons (Fsp3) is 0.385. The highest BCUT2D eigenvalue weighted by molar-refractivity contribution is 7.80. The summed E-state index contributed by atoms with van der Waals surface area (Å²) in [5.41, 5.74) is 7.44. The van der Waals surface area contributed by atoms with E-state index < -0.39 is 0 Å². The predicted molar refractivity (Wildman–Crippen MR) is 89.7 cm³/mol. The molecule has 1 aliphatic heterocycles. The second-order valence-electron chi connectivity index (χ2n) is 4.96. The van der Waals surface area contributed by atoms with Gasteiger partial charge in [0.25, 0.3) is 0 Å². The molecule has 2 heterocycles. The highest BCUT2D eigenvalue weighted by atomic mass is 32.1. The number of hydrogen-bond acceptors (Lipinski definition) is 5. The van der Waals surface area contributed by atoms with Gasteiger partial charge >= 0.3 is 0 Å². The van der Waals surface area contributed by atoms with Gasteiger partial charge in [0.15, 0.2) is 10.2 Å². The summed E-state index contributed by atoms with van der Waals surface area (Å²) in [6.07, 6.45) is 0. The number of thiazole rings is 1. The number of rotatable bonds is 2. The molecule has 0 saturated carbocycles. The van der Waals surface area contributed by atoms with Gasteiger partial charge in [-0.2, -0.15) is 0 Å². The molecule has 20 heavy (non-hydrogen) atoms. The summed E-state index contributed by atoms with van der Waals surface area (Å²) in [5.74, 6) is 0. The van der Waals surface area contributed by atoms with Gasteiger partial charge in [0.2, 0.25) is 0 Å². The number of aromatic nitrogens is 1. The number of piperazine rings is 1. The molecule has 0 atom stereocenters. The Labute approximate surface area is 127 Å². The fourth-order valence-electron chi connectivity index (χ4n) is 2.27. The normalized spacial score (nSPS) is 16.6. The Morgan fingerprint density at radius 1 is 1.35 bits per heavy atom. The number of anilines is 2. The van der Waals surface area contributed by atoms with Crippen molar-refractivity contribution in [3.05, 3.63) is 18.2 Å². The van der Waals surface area contributed by atoms with E-state index in [0.29, 0.717) is 0 Å². The molecule has 5 nitrogen and oxygen atoms in total. The van der Waals surface area contributed by atoms with Crippen molar-refractivity contribution in [2.24, 2.45) is 5.73 Å². The Hall–Kier alpha value is -1.44. The molecule has 0 unspecified atom stereocenters. The summed E-state index contributed by atoms with van der Waals surface area (Å²) in [6.45, 7) is 4.25. The van der Waals surface area contributed by atoms with E-state index >= 15 is 0 Å². The maximum absolute atomic E-state index is 5.50. The number of thiocarbonyl (C=S) groups is 1. The Balaban J connectivity index is 1.84. The van der Waals surface area contributed by atoms with Crippen molar-refractivity contribution in [1.29, 1.82) is 0 Å². The third-order valence-electron chi connectivity index (χ3n) is 3.42.